The molecule has 7 nitrogen and oxygen atoms in total. The highest BCUT2D eigenvalue weighted by molar-refractivity contribution is 6.31. The first-order chi connectivity index (χ1) is 19.0. The first-order valence-corrected chi connectivity index (χ1v) is 12.4. The van der Waals surface area contributed by atoms with E-state index in [-0.39, 0.29) is 22.7 Å². The molecule has 0 fully saturated rings. The fraction of sp³-hybridized carbons (Fsp3) is 0.0323. The van der Waals surface area contributed by atoms with Gasteiger partial charge in [-0.2, -0.15) is 5.10 Å². The number of benzene rings is 4. The van der Waals surface area contributed by atoms with Gasteiger partial charge in [-0.3, -0.25) is 9.59 Å². The molecule has 0 spiro atoms. The van der Waals surface area contributed by atoms with Crippen LogP contribution in [0.2, 0.25) is 5.02 Å². The Labute approximate surface area is 229 Å². The molecule has 1 N–H and O–H groups in total. The van der Waals surface area contributed by atoms with Crippen LogP contribution < -0.4 is 5.32 Å². The molecule has 5 aromatic rings. The molecule has 0 saturated heterocycles. The van der Waals surface area contributed by atoms with Gasteiger partial charge in [-0.05, 0) is 36.4 Å². The lowest BCUT2D eigenvalue weighted by Crippen LogP contribution is -2.23. The van der Waals surface area contributed by atoms with Gasteiger partial charge in [-0.15, -0.1) is 0 Å². The number of halogens is 1. The predicted octanol–water partition coefficient (Wildman–Crippen LogP) is 6.22. The highest BCUT2D eigenvalue weighted by Crippen LogP contribution is 2.25. The molecule has 5 rings (SSSR count). The molecule has 1 heterocycles. The summed E-state index contributed by atoms with van der Waals surface area (Å²) in [6.07, 6.45) is 0. The van der Waals surface area contributed by atoms with Crippen molar-refractivity contribution >= 4 is 34.9 Å². The normalized spacial score (nSPS) is 10.6. The molecule has 1 aromatic heterocycles. The lowest BCUT2D eigenvalue weighted by atomic mass is 10.0. The third-order valence-corrected chi connectivity index (χ3v) is 6.09. The van der Waals surface area contributed by atoms with Crippen molar-refractivity contribution in [2.75, 3.05) is 11.9 Å². The number of carbonyl (C=O) groups is 3. The van der Waals surface area contributed by atoms with Gasteiger partial charge in [0.1, 0.15) is 0 Å². The second-order valence-electron chi connectivity index (χ2n) is 8.54. The average Bonchev–Trinajstić information content (AvgIpc) is 3.44. The Morgan fingerprint density at radius 3 is 2.13 bits per heavy atom. The molecule has 0 radical (unpaired) electrons. The molecule has 0 aliphatic heterocycles. The maximum atomic E-state index is 13.1. The number of ketones is 1. The summed E-state index contributed by atoms with van der Waals surface area (Å²) in [7, 11) is 0. The molecule has 1 amide bonds. The lowest BCUT2D eigenvalue weighted by molar-refractivity contribution is -0.119. The number of nitrogens with one attached hydrogen (secondary N) is 1. The summed E-state index contributed by atoms with van der Waals surface area (Å²) in [4.78, 5) is 38.9. The lowest BCUT2D eigenvalue weighted by Gasteiger charge is -2.12. The second kappa shape index (κ2) is 11.6. The molecule has 0 aliphatic rings. The average molecular weight is 536 g/mol. The van der Waals surface area contributed by atoms with E-state index in [0.717, 1.165) is 5.56 Å². The van der Waals surface area contributed by atoms with Crippen LogP contribution in [-0.2, 0) is 9.53 Å². The number of carbonyl (C=O) groups excluding carboxylic acids is 3. The van der Waals surface area contributed by atoms with Crippen molar-refractivity contribution in [2.45, 2.75) is 0 Å². The van der Waals surface area contributed by atoms with Crippen LogP contribution in [0.4, 0.5) is 5.69 Å². The smallest absolute Gasteiger partial charge is 0.357 e. The number of hydrogen-bond donors (Lipinski definition) is 1. The Kier molecular flexibility index (Phi) is 7.61. The van der Waals surface area contributed by atoms with Crippen LogP contribution in [0.25, 0.3) is 16.9 Å². The SMILES string of the molecule is O=C(COC(=O)c1cc(-c2ccccc2)nn1-c1ccccc1)Nc1ccc(Cl)cc1C(=O)c1ccccc1. The van der Waals surface area contributed by atoms with Gasteiger partial charge in [-0.25, -0.2) is 9.48 Å². The Hall–Kier alpha value is -5.01. The molecule has 0 unspecified atom stereocenters. The summed E-state index contributed by atoms with van der Waals surface area (Å²) in [5.41, 5.74) is 3.18. The van der Waals surface area contributed by atoms with Gasteiger partial charge in [0.15, 0.2) is 18.1 Å². The third kappa shape index (κ3) is 5.95. The maximum absolute atomic E-state index is 13.1. The summed E-state index contributed by atoms with van der Waals surface area (Å²) in [5, 5.41) is 7.60. The van der Waals surface area contributed by atoms with Gasteiger partial charge < -0.3 is 10.1 Å². The van der Waals surface area contributed by atoms with Gasteiger partial charge in [0.05, 0.1) is 17.1 Å². The van der Waals surface area contributed by atoms with Crippen LogP contribution in [0.5, 0.6) is 0 Å². The first kappa shape index (κ1) is 25.6. The van der Waals surface area contributed by atoms with Crippen LogP contribution in [-0.4, -0.2) is 34.0 Å². The van der Waals surface area contributed by atoms with E-state index < -0.39 is 18.5 Å². The van der Waals surface area contributed by atoms with E-state index in [1.54, 1.807) is 42.5 Å². The molecule has 0 aliphatic carbocycles. The summed E-state index contributed by atoms with van der Waals surface area (Å²) >= 11 is 6.12. The van der Waals surface area contributed by atoms with Gasteiger partial charge >= 0.3 is 5.97 Å². The zero-order valence-corrected chi connectivity index (χ0v) is 21.3. The number of amides is 1. The zero-order valence-electron chi connectivity index (χ0n) is 20.6. The zero-order chi connectivity index (χ0) is 27.2. The minimum Gasteiger partial charge on any atom is -0.451 e. The van der Waals surface area contributed by atoms with E-state index >= 15 is 0 Å². The molecule has 0 saturated carbocycles. The van der Waals surface area contributed by atoms with Crippen LogP contribution in [0.1, 0.15) is 26.4 Å². The summed E-state index contributed by atoms with van der Waals surface area (Å²) < 4.78 is 6.84. The van der Waals surface area contributed by atoms with E-state index in [4.69, 9.17) is 16.3 Å². The number of ether oxygens (including phenoxy) is 1. The number of rotatable bonds is 8. The molecule has 8 heteroatoms. The Balaban J connectivity index is 1.34. The van der Waals surface area contributed by atoms with Crippen LogP contribution in [0.15, 0.2) is 115 Å². The topological polar surface area (TPSA) is 90.3 Å². The summed E-state index contributed by atoms with van der Waals surface area (Å²) in [5.74, 6) is -1.63. The number of nitrogens with zero attached hydrogens (tertiary/aromatic N) is 2. The number of para-hydroxylation sites is 1. The summed E-state index contributed by atoms with van der Waals surface area (Å²) in [6.45, 7) is -0.568. The van der Waals surface area contributed by atoms with Gasteiger partial charge in [0.2, 0.25) is 0 Å². The molecule has 39 heavy (non-hydrogen) atoms. The maximum Gasteiger partial charge on any atom is 0.357 e. The largest absolute Gasteiger partial charge is 0.451 e. The molecule has 0 bridgehead atoms. The standard InChI is InChI=1S/C31H22ClN3O4/c32-23-16-17-26(25(18-23)30(37)22-12-6-2-7-13-22)33-29(36)20-39-31(38)28-19-27(21-10-4-1-5-11-21)34-35(28)24-14-8-3-9-15-24/h1-19H,20H2,(H,33,36). The quantitative estimate of drug-likeness (QED) is 0.188. The number of hydrogen-bond acceptors (Lipinski definition) is 5. The highest BCUT2D eigenvalue weighted by atomic mass is 35.5. The van der Waals surface area contributed by atoms with Gasteiger partial charge in [-0.1, -0.05) is 90.5 Å². The fourth-order valence-corrected chi connectivity index (χ4v) is 4.16. The third-order valence-electron chi connectivity index (χ3n) is 5.86. The van der Waals surface area contributed by atoms with Crippen LogP contribution in [0, 0.1) is 0 Å². The first-order valence-electron chi connectivity index (χ1n) is 12.1. The number of aromatic nitrogens is 2. The van der Waals surface area contributed by atoms with Crippen LogP contribution in [0.3, 0.4) is 0 Å². The van der Waals surface area contributed by atoms with E-state index in [1.165, 1.54) is 16.8 Å². The molecule has 4 aromatic carbocycles. The molecule has 192 valence electrons. The van der Waals surface area contributed by atoms with Crippen molar-refractivity contribution in [1.29, 1.82) is 0 Å². The fourth-order valence-electron chi connectivity index (χ4n) is 3.99. The Morgan fingerprint density at radius 2 is 1.44 bits per heavy atom. The molecular weight excluding hydrogens is 514 g/mol. The Morgan fingerprint density at radius 1 is 0.795 bits per heavy atom. The van der Waals surface area contributed by atoms with Gasteiger partial charge in [0.25, 0.3) is 5.91 Å². The van der Waals surface area contributed by atoms with Crippen LogP contribution >= 0.6 is 11.6 Å². The van der Waals surface area contributed by atoms with E-state index in [9.17, 15) is 14.4 Å². The highest BCUT2D eigenvalue weighted by Gasteiger charge is 2.21. The van der Waals surface area contributed by atoms with Crippen molar-refractivity contribution in [1.82, 2.24) is 9.78 Å². The van der Waals surface area contributed by atoms with Crippen molar-refractivity contribution < 1.29 is 19.1 Å². The van der Waals surface area contributed by atoms with Gasteiger partial charge in [0, 0.05) is 21.7 Å². The van der Waals surface area contributed by atoms with Crippen molar-refractivity contribution in [2.24, 2.45) is 0 Å². The summed E-state index contributed by atoms with van der Waals surface area (Å²) in [6, 6.07) is 33.5. The second-order valence-corrected chi connectivity index (χ2v) is 8.97. The van der Waals surface area contributed by atoms with Crippen molar-refractivity contribution in [3.63, 3.8) is 0 Å². The monoisotopic (exact) mass is 535 g/mol. The van der Waals surface area contributed by atoms with Crippen molar-refractivity contribution in [3.8, 4) is 16.9 Å². The van der Waals surface area contributed by atoms with E-state index in [0.29, 0.717) is 22.0 Å². The Bertz CT molecular complexity index is 1640. The number of esters is 1. The van der Waals surface area contributed by atoms with Crippen molar-refractivity contribution in [3.05, 3.63) is 137 Å². The molecule has 0 atom stereocenters. The van der Waals surface area contributed by atoms with E-state index in [2.05, 4.69) is 10.4 Å². The minimum absolute atomic E-state index is 0.166. The predicted molar refractivity (Wildman–Crippen MR) is 149 cm³/mol. The number of anilines is 1. The minimum atomic E-state index is -0.722. The van der Waals surface area contributed by atoms with E-state index in [1.807, 2.05) is 60.7 Å². The molecular formula is C31H22ClN3O4.